The molecule has 72 valence electrons. The summed E-state index contributed by atoms with van der Waals surface area (Å²) in [5.41, 5.74) is 4.32. The maximum Gasteiger partial charge on any atom is 0.0907 e. The highest BCUT2D eigenvalue weighted by Gasteiger charge is 2.10. The summed E-state index contributed by atoms with van der Waals surface area (Å²) in [6, 6.07) is 4.16. The van der Waals surface area contributed by atoms with Gasteiger partial charge in [0.15, 0.2) is 0 Å². The van der Waals surface area contributed by atoms with Gasteiger partial charge in [-0.25, -0.2) is 0 Å². The van der Waals surface area contributed by atoms with Crippen molar-refractivity contribution >= 4 is 5.71 Å². The van der Waals surface area contributed by atoms with Crippen LogP contribution in [-0.4, -0.2) is 10.7 Å². The lowest BCUT2D eigenvalue weighted by Gasteiger charge is -2.11. The predicted molar refractivity (Wildman–Crippen MR) is 58.6 cm³/mol. The smallest absolute Gasteiger partial charge is 0.0907 e. The SMILES string of the molecule is CC1=CC(c2ccc(C(C)C)cn2)=N1. The van der Waals surface area contributed by atoms with E-state index in [0.29, 0.717) is 5.92 Å². The fourth-order valence-electron chi connectivity index (χ4n) is 1.42. The Bertz CT molecular complexity index is 397. The van der Waals surface area contributed by atoms with E-state index in [-0.39, 0.29) is 0 Å². The Hall–Kier alpha value is -1.44. The standard InChI is InChI=1S/C12H14N2/c1-8(2)10-4-5-11(13-7-10)12-6-9(3)14-12/h4-8H,1-3H3. The largest absolute Gasteiger partial charge is 0.254 e. The maximum absolute atomic E-state index is 4.38. The van der Waals surface area contributed by atoms with Crippen LogP contribution in [-0.2, 0) is 0 Å². The van der Waals surface area contributed by atoms with Crippen molar-refractivity contribution in [1.29, 1.82) is 0 Å². The number of pyridine rings is 1. The number of aliphatic imine (C=N–C) groups is 1. The Morgan fingerprint density at radius 2 is 1.93 bits per heavy atom. The first-order chi connectivity index (χ1) is 6.66. The molecule has 0 aromatic carbocycles. The third-order valence-electron chi connectivity index (χ3n) is 2.36. The lowest BCUT2D eigenvalue weighted by molar-refractivity contribution is 0.857. The molecule has 0 radical (unpaired) electrons. The van der Waals surface area contributed by atoms with Crippen LogP contribution in [0.25, 0.3) is 0 Å². The molecule has 0 saturated heterocycles. The Labute approximate surface area is 84.4 Å². The van der Waals surface area contributed by atoms with Crippen LogP contribution in [0.1, 0.15) is 37.9 Å². The van der Waals surface area contributed by atoms with E-state index in [1.165, 1.54) is 5.56 Å². The van der Waals surface area contributed by atoms with Crippen LogP contribution in [0.4, 0.5) is 0 Å². The van der Waals surface area contributed by atoms with Gasteiger partial charge in [0, 0.05) is 11.9 Å². The average molecular weight is 186 g/mol. The molecule has 14 heavy (non-hydrogen) atoms. The molecule has 0 fully saturated rings. The van der Waals surface area contributed by atoms with Gasteiger partial charge in [-0.05, 0) is 30.5 Å². The molecule has 1 aromatic rings. The van der Waals surface area contributed by atoms with Crippen LogP contribution in [0.5, 0.6) is 0 Å². The number of hydrogen-bond donors (Lipinski definition) is 0. The average Bonchev–Trinajstić information content (AvgIpc) is 2.13. The summed E-state index contributed by atoms with van der Waals surface area (Å²) < 4.78 is 0. The molecule has 0 N–H and O–H groups in total. The van der Waals surface area contributed by atoms with Gasteiger partial charge in [-0.2, -0.15) is 0 Å². The van der Waals surface area contributed by atoms with Crippen molar-refractivity contribution in [2.45, 2.75) is 26.7 Å². The fourth-order valence-corrected chi connectivity index (χ4v) is 1.42. The van der Waals surface area contributed by atoms with Gasteiger partial charge in [0.2, 0.25) is 0 Å². The molecule has 0 aliphatic carbocycles. The molecular weight excluding hydrogens is 172 g/mol. The molecule has 0 saturated carbocycles. The summed E-state index contributed by atoms with van der Waals surface area (Å²) in [7, 11) is 0. The van der Waals surface area contributed by atoms with E-state index in [1.807, 2.05) is 19.2 Å². The molecule has 0 unspecified atom stereocenters. The number of nitrogens with zero attached hydrogens (tertiary/aromatic N) is 2. The molecule has 1 aromatic heterocycles. The maximum atomic E-state index is 4.38. The van der Waals surface area contributed by atoms with Gasteiger partial charge in [-0.1, -0.05) is 19.9 Å². The minimum Gasteiger partial charge on any atom is -0.254 e. The van der Waals surface area contributed by atoms with Crippen LogP contribution in [0, 0.1) is 0 Å². The van der Waals surface area contributed by atoms with Gasteiger partial charge >= 0.3 is 0 Å². The van der Waals surface area contributed by atoms with Crippen molar-refractivity contribution in [1.82, 2.24) is 4.98 Å². The Morgan fingerprint density at radius 3 is 2.36 bits per heavy atom. The molecule has 0 spiro atoms. The third kappa shape index (κ3) is 1.60. The van der Waals surface area contributed by atoms with Crippen molar-refractivity contribution in [3.63, 3.8) is 0 Å². The van der Waals surface area contributed by atoms with E-state index in [0.717, 1.165) is 17.1 Å². The Kier molecular flexibility index (Phi) is 2.20. The molecule has 2 heteroatoms. The van der Waals surface area contributed by atoms with Crippen LogP contribution in [0.2, 0.25) is 0 Å². The summed E-state index contributed by atoms with van der Waals surface area (Å²) in [5.74, 6) is 0.539. The van der Waals surface area contributed by atoms with E-state index in [4.69, 9.17) is 0 Å². The zero-order valence-electron chi connectivity index (χ0n) is 8.78. The lowest BCUT2D eigenvalue weighted by atomic mass is 10.0. The second kappa shape index (κ2) is 3.37. The molecule has 0 amide bonds. The van der Waals surface area contributed by atoms with Crippen LogP contribution >= 0.6 is 0 Å². The van der Waals surface area contributed by atoms with Gasteiger partial charge < -0.3 is 0 Å². The molecule has 0 atom stereocenters. The molecule has 1 aliphatic rings. The quantitative estimate of drug-likeness (QED) is 0.697. The molecule has 1 aliphatic heterocycles. The van der Waals surface area contributed by atoms with Crippen LogP contribution in [0.3, 0.4) is 0 Å². The number of aromatic nitrogens is 1. The summed E-state index contributed by atoms with van der Waals surface area (Å²) in [6.07, 6.45) is 3.99. The Balaban J connectivity index is 2.19. The van der Waals surface area contributed by atoms with Gasteiger partial charge in [0.1, 0.15) is 0 Å². The third-order valence-corrected chi connectivity index (χ3v) is 2.36. The summed E-state index contributed by atoms with van der Waals surface area (Å²) in [4.78, 5) is 8.66. The first-order valence-corrected chi connectivity index (χ1v) is 4.90. The molecule has 0 bridgehead atoms. The van der Waals surface area contributed by atoms with Gasteiger partial charge in [0.25, 0.3) is 0 Å². The summed E-state index contributed by atoms with van der Waals surface area (Å²) >= 11 is 0. The van der Waals surface area contributed by atoms with Gasteiger partial charge in [-0.15, -0.1) is 0 Å². The molecule has 2 nitrogen and oxygen atoms in total. The molecular formula is C12H14N2. The number of rotatable bonds is 2. The highest BCUT2D eigenvalue weighted by atomic mass is 14.8. The van der Waals surface area contributed by atoms with Crippen molar-refractivity contribution in [3.8, 4) is 0 Å². The fraction of sp³-hybridized carbons (Fsp3) is 0.333. The molecule has 2 rings (SSSR count). The highest BCUT2D eigenvalue weighted by Crippen LogP contribution is 2.17. The zero-order chi connectivity index (χ0) is 10.1. The lowest BCUT2D eigenvalue weighted by Crippen LogP contribution is -2.08. The zero-order valence-corrected chi connectivity index (χ0v) is 8.78. The van der Waals surface area contributed by atoms with E-state index in [9.17, 15) is 0 Å². The van der Waals surface area contributed by atoms with Crippen molar-refractivity contribution in [2.24, 2.45) is 4.99 Å². The topological polar surface area (TPSA) is 25.2 Å². The van der Waals surface area contributed by atoms with E-state index >= 15 is 0 Å². The number of hydrogen-bond acceptors (Lipinski definition) is 2. The van der Waals surface area contributed by atoms with Gasteiger partial charge in [-0.3, -0.25) is 9.98 Å². The van der Waals surface area contributed by atoms with E-state index in [1.54, 1.807) is 0 Å². The van der Waals surface area contributed by atoms with E-state index < -0.39 is 0 Å². The van der Waals surface area contributed by atoms with Gasteiger partial charge in [0.05, 0.1) is 11.4 Å². The van der Waals surface area contributed by atoms with E-state index in [2.05, 4.69) is 36.0 Å². The minimum absolute atomic E-state index is 0.539. The summed E-state index contributed by atoms with van der Waals surface area (Å²) in [6.45, 7) is 6.33. The first kappa shape index (κ1) is 9.13. The second-order valence-corrected chi connectivity index (χ2v) is 3.91. The first-order valence-electron chi connectivity index (χ1n) is 4.90. The van der Waals surface area contributed by atoms with Crippen molar-refractivity contribution in [2.75, 3.05) is 0 Å². The second-order valence-electron chi connectivity index (χ2n) is 3.91. The Morgan fingerprint density at radius 1 is 1.21 bits per heavy atom. The summed E-state index contributed by atoms with van der Waals surface area (Å²) in [5, 5.41) is 0. The minimum atomic E-state index is 0.539. The molecule has 2 heterocycles. The highest BCUT2D eigenvalue weighted by molar-refractivity contribution is 6.11. The normalized spacial score (nSPS) is 14.9. The van der Waals surface area contributed by atoms with Crippen molar-refractivity contribution in [3.05, 3.63) is 41.4 Å². The van der Waals surface area contributed by atoms with Crippen LogP contribution < -0.4 is 0 Å². The van der Waals surface area contributed by atoms with Crippen LogP contribution in [0.15, 0.2) is 35.1 Å². The monoisotopic (exact) mass is 186 g/mol. The van der Waals surface area contributed by atoms with Crippen molar-refractivity contribution < 1.29 is 0 Å². The predicted octanol–water partition coefficient (Wildman–Crippen LogP) is 2.91. The number of allylic oxidation sites excluding steroid dienone is 2.